The lowest BCUT2D eigenvalue weighted by molar-refractivity contribution is 0.949. The lowest BCUT2D eigenvalue weighted by Crippen LogP contribution is -1.89. The van der Waals surface area contributed by atoms with Crippen LogP contribution in [0.3, 0.4) is 0 Å². The number of aromatic nitrogens is 2. The van der Waals surface area contributed by atoms with Crippen molar-refractivity contribution in [3.8, 4) is 0 Å². The molecule has 0 spiro atoms. The second kappa shape index (κ2) is 4.99. The largest absolute Gasteiger partial charge is 0.399 e. The van der Waals surface area contributed by atoms with Gasteiger partial charge in [0.25, 0.3) is 0 Å². The highest BCUT2D eigenvalue weighted by Gasteiger charge is 1.98. The smallest absolute Gasteiger partial charge is 0.187 e. The molecule has 0 aliphatic carbocycles. The maximum absolute atomic E-state index is 5.62. The molecule has 0 aliphatic heterocycles. The molecule has 16 heavy (non-hydrogen) atoms. The van der Waals surface area contributed by atoms with E-state index in [1.807, 2.05) is 43.6 Å². The van der Waals surface area contributed by atoms with E-state index in [0.29, 0.717) is 0 Å². The summed E-state index contributed by atoms with van der Waals surface area (Å²) < 4.78 is 0. The molecule has 0 amide bonds. The van der Waals surface area contributed by atoms with E-state index >= 15 is 0 Å². The molecule has 1 heterocycles. The molecule has 2 N–H and O–H groups in total. The molecule has 0 fully saturated rings. The minimum atomic E-state index is 0.792. The van der Waals surface area contributed by atoms with Gasteiger partial charge >= 0.3 is 0 Å². The van der Waals surface area contributed by atoms with Gasteiger partial charge in [-0.2, -0.15) is 0 Å². The van der Waals surface area contributed by atoms with Crippen molar-refractivity contribution in [1.82, 2.24) is 9.97 Å². The van der Waals surface area contributed by atoms with Crippen LogP contribution in [-0.2, 0) is 5.75 Å². The number of nitrogen functional groups attached to an aromatic ring is 1. The molecule has 0 saturated heterocycles. The van der Waals surface area contributed by atoms with Crippen molar-refractivity contribution in [2.45, 2.75) is 17.8 Å². The Labute approximate surface area is 99.1 Å². The van der Waals surface area contributed by atoms with Gasteiger partial charge in [-0.15, -0.1) is 0 Å². The van der Waals surface area contributed by atoms with Crippen molar-refractivity contribution in [2.24, 2.45) is 0 Å². The number of thioether (sulfide) groups is 1. The summed E-state index contributed by atoms with van der Waals surface area (Å²) in [6.45, 7) is 1.98. The number of anilines is 1. The number of rotatable bonds is 3. The Kier molecular flexibility index (Phi) is 3.41. The van der Waals surface area contributed by atoms with Crippen LogP contribution in [0.4, 0.5) is 5.69 Å². The summed E-state index contributed by atoms with van der Waals surface area (Å²) in [7, 11) is 0. The SMILES string of the molecule is Cc1cnc(SCc2ccc(N)cc2)nc1. The zero-order chi connectivity index (χ0) is 11.4. The number of nitrogens with two attached hydrogens (primary N) is 1. The van der Waals surface area contributed by atoms with Gasteiger partial charge in [-0.3, -0.25) is 0 Å². The highest BCUT2D eigenvalue weighted by atomic mass is 32.2. The first-order valence-corrected chi connectivity index (χ1v) is 5.98. The number of hydrogen-bond acceptors (Lipinski definition) is 4. The summed E-state index contributed by atoms with van der Waals surface area (Å²) >= 11 is 1.63. The third-order valence-electron chi connectivity index (χ3n) is 2.10. The summed E-state index contributed by atoms with van der Waals surface area (Å²) in [6.07, 6.45) is 3.66. The van der Waals surface area contributed by atoms with Gasteiger partial charge in [0, 0.05) is 23.8 Å². The van der Waals surface area contributed by atoms with Crippen LogP contribution in [0, 0.1) is 6.92 Å². The molecular formula is C12H13N3S. The van der Waals surface area contributed by atoms with Crippen LogP contribution in [0.2, 0.25) is 0 Å². The molecular weight excluding hydrogens is 218 g/mol. The first-order chi connectivity index (χ1) is 7.74. The van der Waals surface area contributed by atoms with Gasteiger partial charge in [-0.1, -0.05) is 23.9 Å². The molecule has 2 aromatic rings. The first kappa shape index (κ1) is 11.0. The zero-order valence-corrected chi connectivity index (χ0v) is 9.87. The molecule has 4 heteroatoms. The van der Waals surface area contributed by atoms with Crippen molar-refractivity contribution in [3.63, 3.8) is 0 Å². The number of aryl methyl sites for hydroxylation is 1. The van der Waals surface area contributed by atoms with Crippen molar-refractivity contribution in [2.75, 3.05) is 5.73 Å². The van der Waals surface area contributed by atoms with E-state index < -0.39 is 0 Å². The first-order valence-electron chi connectivity index (χ1n) is 5.00. The molecule has 0 unspecified atom stereocenters. The minimum Gasteiger partial charge on any atom is -0.399 e. The highest BCUT2D eigenvalue weighted by molar-refractivity contribution is 7.98. The molecule has 2 rings (SSSR count). The van der Waals surface area contributed by atoms with Crippen LogP contribution in [-0.4, -0.2) is 9.97 Å². The predicted octanol–water partition coefficient (Wildman–Crippen LogP) is 2.66. The molecule has 3 nitrogen and oxygen atoms in total. The van der Waals surface area contributed by atoms with Gasteiger partial charge in [-0.25, -0.2) is 9.97 Å². The second-order valence-corrected chi connectivity index (χ2v) is 4.52. The quantitative estimate of drug-likeness (QED) is 0.501. The summed E-state index contributed by atoms with van der Waals surface area (Å²) in [5.41, 5.74) is 8.72. The molecule has 1 aromatic heterocycles. The Morgan fingerprint density at radius 1 is 1.12 bits per heavy atom. The number of nitrogens with zero attached hydrogens (tertiary/aromatic N) is 2. The summed E-state index contributed by atoms with van der Waals surface area (Å²) in [5.74, 6) is 0.864. The van der Waals surface area contributed by atoms with Crippen molar-refractivity contribution < 1.29 is 0 Å². The van der Waals surface area contributed by atoms with Crippen LogP contribution in [0.1, 0.15) is 11.1 Å². The number of hydrogen-bond donors (Lipinski definition) is 1. The second-order valence-electron chi connectivity index (χ2n) is 3.57. The van der Waals surface area contributed by atoms with Crippen molar-refractivity contribution in [3.05, 3.63) is 47.8 Å². The third-order valence-corrected chi connectivity index (χ3v) is 3.05. The summed E-state index contributed by atoms with van der Waals surface area (Å²) in [6, 6.07) is 7.87. The van der Waals surface area contributed by atoms with Gasteiger partial charge in [0.2, 0.25) is 0 Å². The van der Waals surface area contributed by atoms with E-state index in [4.69, 9.17) is 5.73 Å². The molecule has 0 atom stereocenters. The predicted molar refractivity (Wildman–Crippen MR) is 67.2 cm³/mol. The summed E-state index contributed by atoms with van der Waals surface area (Å²) in [5, 5.41) is 0.808. The fraction of sp³-hybridized carbons (Fsp3) is 0.167. The maximum Gasteiger partial charge on any atom is 0.187 e. The van der Waals surface area contributed by atoms with E-state index in [9.17, 15) is 0 Å². The summed E-state index contributed by atoms with van der Waals surface area (Å²) in [4.78, 5) is 8.48. The molecule has 0 bridgehead atoms. The topological polar surface area (TPSA) is 51.8 Å². The Balaban J connectivity index is 1.97. The van der Waals surface area contributed by atoms with Gasteiger partial charge in [0.05, 0.1) is 0 Å². The fourth-order valence-corrected chi connectivity index (χ4v) is 1.96. The van der Waals surface area contributed by atoms with E-state index in [-0.39, 0.29) is 0 Å². The van der Waals surface area contributed by atoms with Crippen molar-refractivity contribution >= 4 is 17.4 Å². The van der Waals surface area contributed by atoms with E-state index in [1.54, 1.807) is 11.8 Å². The van der Waals surface area contributed by atoms with Crippen LogP contribution in [0.25, 0.3) is 0 Å². The normalized spacial score (nSPS) is 10.3. The Morgan fingerprint density at radius 2 is 1.75 bits per heavy atom. The zero-order valence-electron chi connectivity index (χ0n) is 9.05. The van der Waals surface area contributed by atoms with Gasteiger partial charge in [0.15, 0.2) is 5.16 Å². The molecule has 82 valence electrons. The third kappa shape index (κ3) is 2.97. The molecule has 1 aromatic carbocycles. The Hall–Kier alpha value is -1.55. The van der Waals surface area contributed by atoms with E-state index in [1.165, 1.54) is 5.56 Å². The van der Waals surface area contributed by atoms with Crippen LogP contribution < -0.4 is 5.73 Å². The fourth-order valence-electron chi connectivity index (χ4n) is 1.22. The van der Waals surface area contributed by atoms with Crippen molar-refractivity contribution in [1.29, 1.82) is 0 Å². The lowest BCUT2D eigenvalue weighted by atomic mass is 10.2. The van der Waals surface area contributed by atoms with Crippen LogP contribution in [0.5, 0.6) is 0 Å². The molecule has 0 aliphatic rings. The lowest BCUT2D eigenvalue weighted by Gasteiger charge is -2.01. The maximum atomic E-state index is 5.62. The van der Waals surface area contributed by atoms with E-state index in [0.717, 1.165) is 22.2 Å². The average molecular weight is 231 g/mol. The Bertz CT molecular complexity index is 405. The average Bonchev–Trinajstić information content (AvgIpc) is 2.30. The number of benzene rings is 1. The molecule has 0 radical (unpaired) electrons. The monoisotopic (exact) mass is 231 g/mol. The van der Waals surface area contributed by atoms with E-state index in [2.05, 4.69) is 9.97 Å². The van der Waals surface area contributed by atoms with Gasteiger partial charge in [-0.05, 0) is 30.2 Å². The minimum absolute atomic E-state index is 0.792. The van der Waals surface area contributed by atoms with Gasteiger partial charge in [0.1, 0.15) is 0 Å². The van der Waals surface area contributed by atoms with Gasteiger partial charge < -0.3 is 5.73 Å². The van der Waals surface area contributed by atoms with Crippen LogP contribution in [0.15, 0.2) is 41.8 Å². The highest BCUT2D eigenvalue weighted by Crippen LogP contribution is 2.19. The standard InChI is InChI=1S/C12H13N3S/c1-9-6-14-12(15-7-9)16-8-10-2-4-11(13)5-3-10/h2-7H,8,13H2,1H3. The Morgan fingerprint density at radius 3 is 2.38 bits per heavy atom. The van der Waals surface area contributed by atoms with Crippen LogP contribution >= 0.6 is 11.8 Å². The molecule has 0 saturated carbocycles.